The molecule has 0 aromatic rings. The molecule has 0 fully saturated rings. The Morgan fingerprint density at radius 3 is 0.627 bits per heavy atom. The Hall–Kier alpha value is -2.42. The maximum absolute atomic E-state index is 14.5. The molecule has 0 heterocycles. The van der Waals surface area contributed by atoms with Crippen molar-refractivity contribution < 1.29 is 154 Å². The highest BCUT2D eigenvalue weighted by Crippen LogP contribution is 2.66. The number of halogens is 34. The average Bonchev–Trinajstić information content (AvgIpc) is 3.08. The highest BCUT2D eigenvalue weighted by Gasteiger charge is 2.96. The van der Waals surface area contributed by atoms with Crippen molar-refractivity contribution in [2.24, 2.45) is 11.8 Å². The van der Waals surface area contributed by atoms with Gasteiger partial charge < -0.3 is 4.74 Å². The normalized spacial score (nSPS) is 17.2. The average molecular weight is 1080 g/mol. The third kappa shape index (κ3) is 10.8. The van der Waals surface area contributed by atoms with E-state index in [0.717, 1.165) is 0 Å². The summed E-state index contributed by atoms with van der Waals surface area (Å²) in [6, 6.07) is 0. The maximum atomic E-state index is 14.5. The molecule has 0 bridgehead atoms. The minimum Gasteiger partial charge on any atom is -0.375 e. The molecule has 1 nitrogen and oxygen atoms in total. The molecule has 0 amide bonds. The minimum atomic E-state index is -8.91. The van der Waals surface area contributed by atoms with Gasteiger partial charge in [-0.1, -0.05) is 27.7 Å². The zero-order chi connectivity index (χ0) is 54.7. The SMILES string of the molecule is CC(C)CC(CCCC(F)(F)C(F)(F)C(F)(F)C(F)(F)C(F)(F)C(F)(F)C(F)(F)C(F)(F)F)OC(CCCC(F)(F)C(F)(F)C(F)(F)C(F)(F)C(F)(F)C(F)(F)C(F)(F)C(F)(F)F)CC(C)C. The maximum Gasteiger partial charge on any atom is 0.460 e. The molecule has 0 rings (SSSR count). The second kappa shape index (κ2) is 19.0. The summed E-state index contributed by atoms with van der Waals surface area (Å²) in [4.78, 5) is 0. The van der Waals surface area contributed by atoms with Gasteiger partial charge in [-0.05, 0) is 50.4 Å². The lowest BCUT2D eigenvalue weighted by Crippen LogP contribution is -2.74. The summed E-state index contributed by atoms with van der Waals surface area (Å²) in [6.45, 7) is 4.72. The summed E-state index contributed by atoms with van der Waals surface area (Å²) < 4.78 is 468. The van der Waals surface area contributed by atoms with Crippen LogP contribution < -0.4 is 0 Å². The highest BCUT2D eigenvalue weighted by atomic mass is 19.4. The molecule has 0 spiro atoms. The van der Waals surface area contributed by atoms with E-state index in [4.69, 9.17) is 4.74 Å². The molecule has 67 heavy (non-hydrogen) atoms. The highest BCUT2D eigenvalue weighted by molar-refractivity contribution is 5.16. The molecule has 0 aliphatic rings. The van der Waals surface area contributed by atoms with E-state index in [1.807, 2.05) is 0 Å². The molecule has 0 radical (unpaired) electrons. The van der Waals surface area contributed by atoms with Gasteiger partial charge >= 0.3 is 95.3 Å². The lowest BCUT2D eigenvalue weighted by molar-refractivity contribution is -0.461. The molecule has 0 aromatic carbocycles. The van der Waals surface area contributed by atoms with Crippen LogP contribution in [0.1, 0.15) is 79.1 Å². The van der Waals surface area contributed by atoms with Gasteiger partial charge in [0, 0.05) is 12.8 Å². The zero-order valence-corrected chi connectivity index (χ0v) is 33.2. The van der Waals surface area contributed by atoms with Crippen LogP contribution in [0, 0.1) is 11.8 Å². The Morgan fingerprint density at radius 1 is 0.269 bits per heavy atom. The quantitative estimate of drug-likeness (QED) is 0.0785. The van der Waals surface area contributed by atoms with E-state index in [1.54, 1.807) is 0 Å². The first kappa shape index (κ1) is 64.6. The van der Waals surface area contributed by atoms with Crippen LogP contribution in [0.2, 0.25) is 0 Å². The molecular weight excluding hydrogens is 1050 g/mol. The summed E-state index contributed by atoms with van der Waals surface area (Å²) in [6.07, 6.45) is -33.1. The van der Waals surface area contributed by atoms with Crippen molar-refractivity contribution in [2.75, 3.05) is 0 Å². The van der Waals surface area contributed by atoms with Crippen molar-refractivity contribution in [3.05, 3.63) is 0 Å². The molecular formula is C32H32F34O. The molecule has 0 N–H and O–H groups in total. The smallest absolute Gasteiger partial charge is 0.375 e. The Bertz CT molecular complexity index is 1490. The van der Waals surface area contributed by atoms with Gasteiger partial charge in [0.15, 0.2) is 0 Å². The first-order valence-electron chi connectivity index (χ1n) is 17.9. The summed E-state index contributed by atoms with van der Waals surface area (Å²) >= 11 is 0. The van der Waals surface area contributed by atoms with Crippen LogP contribution in [0.5, 0.6) is 0 Å². The van der Waals surface area contributed by atoms with Gasteiger partial charge in [0.05, 0.1) is 12.2 Å². The molecule has 0 aromatic heterocycles. The summed E-state index contributed by atoms with van der Waals surface area (Å²) in [5, 5.41) is 0. The number of rotatable bonds is 26. The van der Waals surface area contributed by atoms with Crippen LogP contribution in [0.15, 0.2) is 0 Å². The lowest BCUT2D eigenvalue weighted by atomic mass is 9.87. The van der Waals surface area contributed by atoms with Gasteiger partial charge in [0.2, 0.25) is 0 Å². The van der Waals surface area contributed by atoms with Crippen LogP contribution in [0.4, 0.5) is 149 Å². The third-order valence-electron chi connectivity index (χ3n) is 9.46. The Labute approximate surface area is 353 Å². The molecule has 404 valence electrons. The minimum absolute atomic E-state index is 0.610. The monoisotopic (exact) mass is 1080 g/mol. The van der Waals surface area contributed by atoms with Crippen LogP contribution in [-0.2, 0) is 4.74 Å². The van der Waals surface area contributed by atoms with E-state index >= 15 is 0 Å². The fourth-order valence-corrected chi connectivity index (χ4v) is 5.62. The summed E-state index contributed by atoms with van der Waals surface area (Å²) in [5.41, 5.74) is 0. The van der Waals surface area contributed by atoms with Gasteiger partial charge in [0.25, 0.3) is 0 Å². The molecule has 0 saturated heterocycles. The van der Waals surface area contributed by atoms with Gasteiger partial charge in [-0.25, -0.2) is 0 Å². The standard InChI is InChI=1S/C32H32F34O/c1-13(2)11-15(7-5-9-17(33,34)19(37,38)21(41,42)23(45,46)25(49,50)27(53,54)29(57,58)31(61,62)63)67-16(12-14(3)4)8-6-10-18(35,36)20(39,40)22(43,44)24(47,48)26(51,52)28(55,56)30(59,60)32(64,65)66/h13-16H,5-12H2,1-4H3. The first-order valence-corrected chi connectivity index (χ1v) is 17.9. The van der Waals surface area contributed by atoms with E-state index in [2.05, 4.69) is 0 Å². The predicted octanol–water partition coefficient (Wildman–Crippen LogP) is 16.2. The number of hydrogen-bond donors (Lipinski definition) is 0. The van der Waals surface area contributed by atoms with E-state index < -0.39 is 171 Å². The van der Waals surface area contributed by atoms with Gasteiger partial charge in [-0.2, -0.15) is 149 Å². The summed E-state index contributed by atoms with van der Waals surface area (Å²) in [7, 11) is 0. The molecule has 0 saturated carbocycles. The van der Waals surface area contributed by atoms with Crippen LogP contribution in [0.3, 0.4) is 0 Å². The number of ether oxygens (including phenoxy) is 1. The van der Waals surface area contributed by atoms with Crippen molar-refractivity contribution >= 4 is 0 Å². The molecule has 2 atom stereocenters. The van der Waals surface area contributed by atoms with Crippen molar-refractivity contribution in [3.8, 4) is 0 Å². The largest absolute Gasteiger partial charge is 0.460 e. The van der Waals surface area contributed by atoms with Crippen molar-refractivity contribution in [1.82, 2.24) is 0 Å². The van der Waals surface area contributed by atoms with Crippen LogP contribution >= 0.6 is 0 Å². The van der Waals surface area contributed by atoms with E-state index in [-0.39, 0.29) is 0 Å². The van der Waals surface area contributed by atoms with Crippen molar-refractivity contribution in [3.63, 3.8) is 0 Å². The fraction of sp³-hybridized carbons (Fsp3) is 1.00. The van der Waals surface area contributed by atoms with Gasteiger partial charge in [-0.15, -0.1) is 0 Å². The topological polar surface area (TPSA) is 9.23 Å². The van der Waals surface area contributed by atoms with E-state index in [9.17, 15) is 149 Å². The van der Waals surface area contributed by atoms with E-state index in [0.29, 0.717) is 0 Å². The van der Waals surface area contributed by atoms with Crippen LogP contribution in [0.25, 0.3) is 0 Å². The fourth-order valence-electron chi connectivity index (χ4n) is 5.62. The molecule has 0 aliphatic heterocycles. The van der Waals surface area contributed by atoms with E-state index in [1.165, 1.54) is 27.7 Å². The number of alkyl halides is 34. The first-order chi connectivity index (χ1) is 28.8. The van der Waals surface area contributed by atoms with Gasteiger partial charge in [-0.3, -0.25) is 0 Å². The number of hydrogen-bond acceptors (Lipinski definition) is 1. The molecule has 35 heteroatoms. The second-order valence-corrected chi connectivity index (χ2v) is 15.7. The summed E-state index contributed by atoms with van der Waals surface area (Å²) in [5.74, 6) is -119. The lowest BCUT2D eigenvalue weighted by Gasteiger charge is -2.43. The van der Waals surface area contributed by atoms with Crippen molar-refractivity contribution in [2.45, 2.75) is 187 Å². The Balaban J connectivity index is 6.58. The zero-order valence-electron chi connectivity index (χ0n) is 33.2. The third-order valence-corrected chi connectivity index (χ3v) is 9.46. The Morgan fingerprint density at radius 2 is 0.448 bits per heavy atom. The van der Waals surface area contributed by atoms with Gasteiger partial charge in [0.1, 0.15) is 0 Å². The second-order valence-electron chi connectivity index (χ2n) is 15.7. The Kier molecular flexibility index (Phi) is 18.3. The van der Waals surface area contributed by atoms with Crippen LogP contribution in [-0.4, -0.2) is 107 Å². The molecule has 0 aliphatic carbocycles. The predicted molar refractivity (Wildman–Crippen MR) is 157 cm³/mol. The molecule has 2 unspecified atom stereocenters. The van der Waals surface area contributed by atoms with Crippen molar-refractivity contribution in [1.29, 1.82) is 0 Å².